The molecule has 7 N–H and O–H groups in total. The molecule has 1 rings (SSSR count). The number of nitrogens with one attached hydrogen (secondary N) is 1. The smallest absolute Gasteiger partial charge is 0.398 e. The Morgan fingerprint density at radius 1 is 1.29 bits per heavy atom. The maximum absolute atomic E-state index is 12.3. The van der Waals surface area contributed by atoms with Crippen LogP contribution in [-0.2, 0) is 11.3 Å². The predicted molar refractivity (Wildman–Crippen MR) is 87.0 cm³/mol. The summed E-state index contributed by atoms with van der Waals surface area (Å²) in [6.45, 7) is 2.05. The van der Waals surface area contributed by atoms with E-state index in [9.17, 15) is 18.0 Å². The molecule has 1 atom stereocenters. The Hall–Kier alpha value is -2.48. The first kappa shape index (κ1) is 19.6. The van der Waals surface area contributed by atoms with E-state index >= 15 is 0 Å². The van der Waals surface area contributed by atoms with Gasteiger partial charge in [0.25, 0.3) is 0 Å². The fourth-order valence-corrected chi connectivity index (χ4v) is 1.74. The summed E-state index contributed by atoms with van der Waals surface area (Å²) in [5.41, 5.74) is 16.4. The summed E-state index contributed by atoms with van der Waals surface area (Å²) in [6.07, 6.45) is -2.27. The van der Waals surface area contributed by atoms with Gasteiger partial charge in [0.1, 0.15) is 5.70 Å². The summed E-state index contributed by atoms with van der Waals surface area (Å²) < 4.78 is 37.0. The molecule has 0 aromatic heterocycles. The fraction of sp³-hybridized carbons (Fsp3) is 0.312. The second kappa shape index (κ2) is 8.39. The molecule has 0 aliphatic heterocycles. The second-order valence-electron chi connectivity index (χ2n) is 5.17. The Kier molecular flexibility index (Phi) is 6.84. The van der Waals surface area contributed by atoms with Gasteiger partial charge in [-0.05, 0) is 35.8 Å². The summed E-state index contributed by atoms with van der Waals surface area (Å²) in [4.78, 5) is 11.6. The van der Waals surface area contributed by atoms with Crippen LogP contribution in [-0.4, -0.2) is 18.1 Å². The van der Waals surface area contributed by atoms with Crippen molar-refractivity contribution in [3.8, 4) is 0 Å². The number of hydrogen-bond donors (Lipinski definition) is 4. The highest BCUT2D eigenvalue weighted by Crippen LogP contribution is 2.21. The Morgan fingerprint density at radius 2 is 1.96 bits per heavy atom. The maximum Gasteiger partial charge on any atom is 0.430 e. The zero-order chi connectivity index (χ0) is 18.3. The summed E-state index contributed by atoms with van der Waals surface area (Å²) in [5.74, 6) is -0.271. The van der Waals surface area contributed by atoms with Crippen LogP contribution in [0.5, 0.6) is 0 Å². The molecule has 1 amide bonds. The lowest BCUT2D eigenvalue weighted by Crippen LogP contribution is -2.39. The van der Waals surface area contributed by atoms with Crippen molar-refractivity contribution in [2.24, 2.45) is 17.2 Å². The molecule has 132 valence electrons. The van der Waals surface area contributed by atoms with Crippen LogP contribution in [0.3, 0.4) is 0 Å². The molecular formula is C16H21F3N4O. The van der Waals surface area contributed by atoms with Gasteiger partial charge < -0.3 is 22.5 Å². The molecule has 1 aromatic rings. The fourth-order valence-electron chi connectivity index (χ4n) is 1.74. The Balaban J connectivity index is 2.83. The molecule has 1 aromatic carbocycles. The van der Waals surface area contributed by atoms with Crippen LogP contribution in [0, 0.1) is 0 Å². The average molecular weight is 342 g/mol. The molecule has 0 saturated heterocycles. The highest BCUT2D eigenvalue weighted by Gasteiger charge is 2.30. The molecule has 0 aliphatic carbocycles. The minimum Gasteiger partial charge on any atom is -0.398 e. The van der Waals surface area contributed by atoms with E-state index in [1.165, 1.54) is 0 Å². The Bertz CT molecular complexity index is 638. The van der Waals surface area contributed by atoms with Crippen LogP contribution in [0.2, 0.25) is 0 Å². The monoisotopic (exact) mass is 342 g/mol. The number of amides is 1. The largest absolute Gasteiger partial charge is 0.430 e. The van der Waals surface area contributed by atoms with Crippen molar-refractivity contribution in [1.29, 1.82) is 0 Å². The van der Waals surface area contributed by atoms with E-state index in [2.05, 4.69) is 5.32 Å². The molecule has 0 fully saturated rings. The van der Waals surface area contributed by atoms with Gasteiger partial charge in [0.15, 0.2) is 0 Å². The lowest BCUT2D eigenvalue weighted by molar-refractivity contribution is -0.122. The predicted octanol–water partition coefficient (Wildman–Crippen LogP) is 1.74. The van der Waals surface area contributed by atoms with Gasteiger partial charge in [-0.2, -0.15) is 13.2 Å². The van der Waals surface area contributed by atoms with Crippen molar-refractivity contribution in [3.63, 3.8) is 0 Å². The topological polar surface area (TPSA) is 107 Å². The number of halogens is 3. The number of nitrogens with two attached hydrogens (primary N) is 3. The van der Waals surface area contributed by atoms with Crippen molar-refractivity contribution in [1.82, 2.24) is 5.32 Å². The number of allylic oxidation sites excluding steroid dienone is 3. The Morgan fingerprint density at radius 3 is 2.54 bits per heavy atom. The van der Waals surface area contributed by atoms with Crippen LogP contribution >= 0.6 is 0 Å². The SMILES string of the molecule is CCC(N)C(=O)NCc1cccc(/C(N)=C/C=C(\N)C(F)(F)F)c1. The highest BCUT2D eigenvalue weighted by molar-refractivity contribution is 5.81. The minimum atomic E-state index is -4.60. The zero-order valence-electron chi connectivity index (χ0n) is 13.2. The molecule has 24 heavy (non-hydrogen) atoms. The molecule has 0 saturated carbocycles. The number of carbonyl (C=O) groups excluding carboxylic acids is 1. The molecule has 1 unspecified atom stereocenters. The van der Waals surface area contributed by atoms with Gasteiger partial charge >= 0.3 is 6.18 Å². The van der Waals surface area contributed by atoms with Crippen LogP contribution in [0.4, 0.5) is 13.2 Å². The van der Waals surface area contributed by atoms with Crippen molar-refractivity contribution in [2.75, 3.05) is 0 Å². The molecule has 8 heteroatoms. The summed E-state index contributed by atoms with van der Waals surface area (Å²) in [5, 5.41) is 2.68. The third-order valence-corrected chi connectivity index (χ3v) is 3.27. The zero-order valence-corrected chi connectivity index (χ0v) is 13.2. The van der Waals surface area contributed by atoms with E-state index in [1.807, 2.05) is 0 Å². The first-order chi connectivity index (χ1) is 11.1. The summed E-state index contributed by atoms with van der Waals surface area (Å²) in [7, 11) is 0. The van der Waals surface area contributed by atoms with Gasteiger partial charge in [-0.25, -0.2) is 0 Å². The number of carbonyl (C=O) groups is 1. The quantitative estimate of drug-likeness (QED) is 0.591. The summed E-state index contributed by atoms with van der Waals surface area (Å²) >= 11 is 0. The molecule has 0 bridgehead atoms. The number of benzene rings is 1. The lowest BCUT2D eigenvalue weighted by atomic mass is 10.1. The third-order valence-electron chi connectivity index (χ3n) is 3.27. The lowest BCUT2D eigenvalue weighted by Gasteiger charge is -2.11. The third kappa shape index (κ3) is 5.96. The van der Waals surface area contributed by atoms with Crippen LogP contribution in [0.1, 0.15) is 24.5 Å². The van der Waals surface area contributed by atoms with Crippen LogP contribution in [0.15, 0.2) is 42.1 Å². The Labute approximate surface area is 138 Å². The van der Waals surface area contributed by atoms with Crippen LogP contribution < -0.4 is 22.5 Å². The molecule has 0 spiro atoms. The van der Waals surface area contributed by atoms with Crippen molar-refractivity contribution in [2.45, 2.75) is 32.1 Å². The van der Waals surface area contributed by atoms with E-state index in [0.29, 0.717) is 18.1 Å². The van der Waals surface area contributed by atoms with Gasteiger partial charge in [-0.15, -0.1) is 0 Å². The van der Waals surface area contributed by atoms with E-state index < -0.39 is 17.9 Å². The molecule has 5 nitrogen and oxygen atoms in total. The van der Waals surface area contributed by atoms with Crippen LogP contribution in [0.25, 0.3) is 5.70 Å². The highest BCUT2D eigenvalue weighted by atomic mass is 19.4. The van der Waals surface area contributed by atoms with E-state index in [0.717, 1.165) is 11.6 Å². The van der Waals surface area contributed by atoms with E-state index in [4.69, 9.17) is 17.2 Å². The van der Waals surface area contributed by atoms with Crippen molar-refractivity contribution < 1.29 is 18.0 Å². The maximum atomic E-state index is 12.3. The first-order valence-electron chi connectivity index (χ1n) is 7.27. The van der Waals surface area contributed by atoms with E-state index in [1.54, 1.807) is 31.2 Å². The standard InChI is InChI=1S/C16H21F3N4O/c1-2-12(20)15(24)23-9-10-4-3-5-11(8-10)13(21)6-7-14(22)16(17,18)19/h3-8,12H,2,9,20-22H2,1H3,(H,23,24)/b13-6-,14-7-. The van der Waals surface area contributed by atoms with Crippen molar-refractivity contribution in [3.05, 3.63) is 53.2 Å². The number of hydrogen-bond acceptors (Lipinski definition) is 4. The van der Waals surface area contributed by atoms with Gasteiger partial charge in [-0.3, -0.25) is 4.79 Å². The van der Waals surface area contributed by atoms with Gasteiger partial charge in [0.05, 0.1) is 6.04 Å². The average Bonchev–Trinajstić information content (AvgIpc) is 2.55. The van der Waals surface area contributed by atoms with Gasteiger partial charge in [0.2, 0.25) is 5.91 Å². The molecular weight excluding hydrogens is 321 g/mol. The van der Waals surface area contributed by atoms with Gasteiger partial charge in [0, 0.05) is 12.2 Å². The second-order valence-corrected chi connectivity index (χ2v) is 5.17. The number of alkyl halides is 3. The van der Waals surface area contributed by atoms with Gasteiger partial charge in [-0.1, -0.05) is 25.1 Å². The molecule has 0 aliphatic rings. The molecule has 0 heterocycles. The normalized spacial score (nSPS) is 14.4. The minimum absolute atomic E-state index is 0.126. The van der Waals surface area contributed by atoms with E-state index in [-0.39, 0.29) is 18.1 Å². The van der Waals surface area contributed by atoms with Crippen molar-refractivity contribution >= 4 is 11.6 Å². The first-order valence-corrected chi connectivity index (χ1v) is 7.27. The number of rotatable bonds is 6. The molecule has 0 radical (unpaired) electrons. The summed E-state index contributed by atoms with van der Waals surface area (Å²) in [6, 6.07) is 6.18.